The lowest BCUT2D eigenvalue weighted by Gasteiger charge is -2.22. The number of rotatable bonds is 5. The third-order valence-electron chi connectivity index (χ3n) is 4.26. The highest BCUT2D eigenvalue weighted by Crippen LogP contribution is 2.21. The van der Waals surface area contributed by atoms with Crippen molar-refractivity contribution in [2.45, 2.75) is 39.0 Å². The van der Waals surface area contributed by atoms with Gasteiger partial charge in [-0.15, -0.1) is 0 Å². The van der Waals surface area contributed by atoms with E-state index >= 15 is 0 Å². The molecule has 0 radical (unpaired) electrons. The Hall–Kier alpha value is -1.88. The van der Waals surface area contributed by atoms with Crippen LogP contribution in [0.4, 0.5) is 5.69 Å². The first kappa shape index (κ1) is 15.0. The van der Waals surface area contributed by atoms with Gasteiger partial charge in [0.25, 0.3) is 0 Å². The summed E-state index contributed by atoms with van der Waals surface area (Å²) in [6, 6.07) is 5.61. The van der Waals surface area contributed by atoms with Gasteiger partial charge in [0, 0.05) is 18.5 Å². The number of aryl methyl sites for hydroxylation is 1. The zero-order valence-electron chi connectivity index (χ0n) is 13.0. The van der Waals surface area contributed by atoms with Gasteiger partial charge in [-0.05, 0) is 56.5 Å². The van der Waals surface area contributed by atoms with Crippen LogP contribution in [0.2, 0.25) is 0 Å². The molecule has 0 spiro atoms. The Balaban J connectivity index is 1.56. The van der Waals surface area contributed by atoms with Gasteiger partial charge in [0.1, 0.15) is 5.52 Å². The van der Waals surface area contributed by atoms with Gasteiger partial charge >= 0.3 is 0 Å². The summed E-state index contributed by atoms with van der Waals surface area (Å²) in [5.74, 6) is 1.48. The molecule has 1 amide bonds. The van der Waals surface area contributed by atoms with Gasteiger partial charge in [-0.1, -0.05) is 6.92 Å². The number of hydrogen-bond donors (Lipinski definition) is 2. The van der Waals surface area contributed by atoms with Crippen molar-refractivity contribution in [1.82, 2.24) is 10.3 Å². The Morgan fingerprint density at radius 2 is 2.23 bits per heavy atom. The summed E-state index contributed by atoms with van der Waals surface area (Å²) in [5, 5.41) is 6.31. The first-order valence-corrected chi connectivity index (χ1v) is 8.14. The maximum absolute atomic E-state index is 12.1. The van der Waals surface area contributed by atoms with Gasteiger partial charge in [-0.3, -0.25) is 4.79 Å². The molecule has 5 nitrogen and oxygen atoms in total. The number of hydrogen-bond acceptors (Lipinski definition) is 4. The van der Waals surface area contributed by atoms with E-state index in [1.807, 2.05) is 25.1 Å². The summed E-state index contributed by atoms with van der Waals surface area (Å²) >= 11 is 0. The van der Waals surface area contributed by atoms with Crippen molar-refractivity contribution in [3.63, 3.8) is 0 Å². The average molecular weight is 301 g/mol. The minimum Gasteiger partial charge on any atom is -0.441 e. The number of fused-ring (bicyclic) bond motifs is 1. The van der Waals surface area contributed by atoms with Crippen molar-refractivity contribution in [3.05, 3.63) is 24.1 Å². The summed E-state index contributed by atoms with van der Waals surface area (Å²) in [6.07, 6.45) is 4.68. The van der Waals surface area contributed by atoms with Crippen LogP contribution in [0, 0.1) is 5.92 Å². The number of nitrogens with zero attached hydrogens (tertiary/aromatic N) is 1. The number of nitrogens with one attached hydrogen (secondary N) is 2. The predicted molar refractivity (Wildman–Crippen MR) is 86.8 cm³/mol. The smallest absolute Gasteiger partial charge is 0.224 e. The molecule has 118 valence electrons. The molecule has 22 heavy (non-hydrogen) atoms. The second-order valence-corrected chi connectivity index (χ2v) is 5.92. The average Bonchev–Trinajstić information content (AvgIpc) is 2.96. The topological polar surface area (TPSA) is 67.2 Å². The van der Waals surface area contributed by atoms with E-state index in [4.69, 9.17) is 4.42 Å². The van der Waals surface area contributed by atoms with Crippen LogP contribution in [0.1, 0.15) is 38.5 Å². The van der Waals surface area contributed by atoms with Gasteiger partial charge in [0.15, 0.2) is 11.5 Å². The molecule has 0 saturated carbocycles. The van der Waals surface area contributed by atoms with E-state index in [1.54, 1.807) is 0 Å². The van der Waals surface area contributed by atoms with Crippen LogP contribution in [0.3, 0.4) is 0 Å². The van der Waals surface area contributed by atoms with Crippen LogP contribution >= 0.6 is 0 Å². The van der Waals surface area contributed by atoms with E-state index in [-0.39, 0.29) is 5.91 Å². The van der Waals surface area contributed by atoms with E-state index in [1.165, 1.54) is 12.8 Å². The number of amides is 1. The van der Waals surface area contributed by atoms with E-state index in [0.29, 0.717) is 12.3 Å². The lowest BCUT2D eigenvalue weighted by atomic mass is 9.93. The molecule has 2 aromatic rings. The van der Waals surface area contributed by atoms with Crippen LogP contribution in [0.25, 0.3) is 11.1 Å². The first-order chi connectivity index (χ1) is 10.7. The normalized spacial score (nSPS) is 16.0. The molecule has 1 aliphatic heterocycles. The molecule has 1 aliphatic rings. The van der Waals surface area contributed by atoms with Gasteiger partial charge in [0.05, 0.1) is 0 Å². The molecule has 2 N–H and O–H groups in total. The molecule has 0 aliphatic carbocycles. The van der Waals surface area contributed by atoms with Gasteiger partial charge in [0.2, 0.25) is 5.91 Å². The number of oxazole rings is 1. The largest absolute Gasteiger partial charge is 0.441 e. The molecule has 2 heterocycles. The summed E-state index contributed by atoms with van der Waals surface area (Å²) in [7, 11) is 0. The second-order valence-electron chi connectivity index (χ2n) is 5.92. The fourth-order valence-electron chi connectivity index (χ4n) is 2.93. The third kappa shape index (κ3) is 3.65. The van der Waals surface area contributed by atoms with E-state index < -0.39 is 0 Å². The molecule has 1 aromatic heterocycles. The van der Waals surface area contributed by atoms with Crippen LogP contribution in [-0.2, 0) is 11.2 Å². The quantitative estimate of drug-likeness (QED) is 0.890. The SMILES string of the molecule is CCc1nc2cc(NC(=O)CCC3CCNCC3)ccc2o1. The number of benzene rings is 1. The zero-order chi connectivity index (χ0) is 15.4. The van der Waals surface area contributed by atoms with Crippen LogP contribution in [0.15, 0.2) is 22.6 Å². The summed E-state index contributed by atoms with van der Waals surface area (Å²) < 4.78 is 5.57. The molecule has 1 aromatic carbocycles. The maximum Gasteiger partial charge on any atom is 0.224 e. The predicted octanol–water partition coefficient (Wildman–Crippen LogP) is 3.11. The molecule has 3 rings (SSSR count). The standard InChI is InChI=1S/C17H23N3O2/c1-2-17-20-14-11-13(4-5-15(14)22-17)19-16(21)6-3-12-7-9-18-10-8-12/h4-5,11-12,18H,2-3,6-10H2,1H3,(H,19,21). The molecule has 5 heteroatoms. The van der Waals surface area contributed by atoms with Gasteiger partial charge < -0.3 is 15.1 Å². The molecular formula is C17H23N3O2. The summed E-state index contributed by atoms with van der Waals surface area (Å²) in [4.78, 5) is 16.5. The van der Waals surface area contributed by atoms with Crippen molar-refractivity contribution in [1.29, 1.82) is 0 Å². The Labute approximate surface area is 130 Å². The summed E-state index contributed by atoms with van der Waals surface area (Å²) in [6.45, 7) is 4.16. The molecule has 0 unspecified atom stereocenters. The summed E-state index contributed by atoms with van der Waals surface area (Å²) in [5.41, 5.74) is 2.36. The Morgan fingerprint density at radius 3 is 3.00 bits per heavy atom. The highest BCUT2D eigenvalue weighted by Gasteiger charge is 2.14. The number of piperidine rings is 1. The zero-order valence-corrected chi connectivity index (χ0v) is 13.0. The van der Waals surface area contributed by atoms with Crippen molar-refractivity contribution in [2.24, 2.45) is 5.92 Å². The molecular weight excluding hydrogens is 278 g/mol. The Kier molecular flexibility index (Phi) is 4.73. The van der Waals surface area contributed by atoms with Crippen LogP contribution < -0.4 is 10.6 Å². The number of carbonyl (C=O) groups excluding carboxylic acids is 1. The highest BCUT2D eigenvalue weighted by atomic mass is 16.3. The van der Waals surface area contributed by atoms with Crippen molar-refractivity contribution < 1.29 is 9.21 Å². The molecule has 1 fully saturated rings. The molecule has 1 saturated heterocycles. The van der Waals surface area contributed by atoms with Crippen LogP contribution in [0.5, 0.6) is 0 Å². The van der Waals surface area contributed by atoms with E-state index in [2.05, 4.69) is 15.6 Å². The molecule has 0 bridgehead atoms. The van der Waals surface area contributed by atoms with Crippen molar-refractivity contribution in [2.75, 3.05) is 18.4 Å². The van der Waals surface area contributed by atoms with Gasteiger partial charge in [-0.25, -0.2) is 4.98 Å². The number of carbonyl (C=O) groups is 1. The minimum atomic E-state index is 0.0806. The fraction of sp³-hybridized carbons (Fsp3) is 0.529. The third-order valence-corrected chi connectivity index (χ3v) is 4.26. The van der Waals surface area contributed by atoms with E-state index in [0.717, 1.165) is 48.6 Å². The van der Waals surface area contributed by atoms with Crippen molar-refractivity contribution >= 4 is 22.7 Å². The lowest BCUT2D eigenvalue weighted by molar-refractivity contribution is -0.116. The van der Waals surface area contributed by atoms with Crippen LogP contribution in [-0.4, -0.2) is 24.0 Å². The number of anilines is 1. The monoisotopic (exact) mass is 301 g/mol. The number of aromatic nitrogens is 1. The molecule has 0 atom stereocenters. The second kappa shape index (κ2) is 6.92. The van der Waals surface area contributed by atoms with Crippen molar-refractivity contribution in [3.8, 4) is 0 Å². The fourth-order valence-corrected chi connectivity index (χ4v) is 2.93. The van der Waals surface area contributed by atoms with Gasteiger partial charge in [-0.2, -0.15) is 0 Å². The maximum atomic E-state index is 12.1. The lowest BCUT2D eigenvalue weighted by Crippen LogP contribution is -2.28. The Morgan fingerprint density at radius 1 is 1.41 bits per heavy atom. The van der Waals surface area contributed by atoms with E-state index in [9.17, 15) is 4.79 Å². The highest BCUT2D eigenvalue weighted by molar-refractivity contribution is 5.92. The minimum absolute atomic E-state index is 0.0806. The Bertz CT molecular complexity index is 644. The first-order valence-electron chi connectivity index (χ1n) is 8.14.